The molecule has 0 aromatic heterocycles. The molecular weight excluding hydrogens is 328 g/mol. The summed E-state index contributed by atoms with van der Waals surface area (Å²) in [5, 5.41) is 39.5. The fraction of sp³-hybridized carbons (Fsp3) is 0.450. The monoisotopic (exact) mass is 344 g/mol. The molecule has 0 amide bonds. The van der Waals surface area contributed by atoms with E-state index in [1.54, 1.807) is 38.3 Å². The number of carbonyl (C=O) groups excluding carboxylic acids is 1. The van der Waals surface area contributed by atoms with E-state index in [-0.39, 0.29) is 12.2 Å². The number of benzene rings is 1. The molecule has 0 radical (unpaired) electrons. The summed E-state index contributed by atoms with van der Waals surface area (Å²) in [5.41, 5.74) is -4.11. The number of hydrogen-bond acceptors (Lipinski definition) is 6. The lowest BCUT2D eigenvalue weighted by molar-refractivity contribution is -0.153. The maximum atomic E-state index is 12.9. The molecule has 0 aliphatic heterocycles. The van der Waals surface area contributed by atoms with E-state index in [0.29, 0.717) is 12.2 Å². The fourth-order valence-electron chi connectivity index (χ4n) is 4.90. The summed E-state index contributed by atoms with van der Waals surface area (Å²) < 4.78 is 5.15. The maximum absolute atomic E-state index is 12.9. The standard InChI is InChI=1S/C20H16N4O2/c1-18-7-15(13-3-5-14(26-2)6-4-13)17(16(25)8-18)19(9-21,10-22)20(18,11-23)12-24/h3-6,15,17H,7-8H2,1-2H3. The van der Waals surface area contributed by atoms with E-state index in [1.807, 2.05) is 24.3 Å². The molecule has 0 heterocycles. The van der Waals surface area contributed by atoms with Gasteiger partial charge in [0.25, 0.3) is 0 Å². The number of rotatable bonds is 2. The molecule has 6 heteroatoms. The van der Waals surface area contributed by atoms with Crippen LogP contribution in [0.1, 0.15) is 31.2 Å². The maximum Gasteiger partial charge on any atom is 0.186 e. The van der Waals surface area contributed by atoms with E-state index in [1.165, 1.54) is 0 Å². The third kappa shape index (κ3) is 1.79. The van der Waals surface area contributed by atoms with Crippen LogP contribution in [0.15, 0.2) is 24.3 Å². The summed E-state index contributed by atoms with van der Waals surface area (Å²) >= 11 is 0. The van der Waals surface area contributed by atoms with E-state index in [4.69, 9.17) is 4.74 Å². The average Bonchev–Trinajstić information content (AvgIpc) is 2.66. The third-order valence-electron chi connectivity index (χ3n) is 6.18. The summed E-state index contributed by atoms with van der Waals surface area (Å²) in [6.07, 6.45) is 0.415. The molecule has 0 N–H and O–H groups in total. The van der Waals surface area contributed by atoms with Gasteiger partial charge in [-0.15, -0.1) is 0 Å². The van der Waals surface area contributed by atoms with Crippen molar-refractivity contribution >= 4 is 5.78 Å². The van der Waals surface area contributed by atoms with Gasteiger partial charge in [0, 0.05) is 11.8 Å². The summed E-state index contributed by atoms with van der Waals surface area (Å²) in [5.74, 6) is -0.987. The highest BCUT2D eigenvalue weighted by Crippen LogP contribution is 2.70. The lowest BCUT2D eigenvalue weighted by atomic mass is 9.35. The normalized spacial score (nSPS) is 30.3. The molecule has 3 atom stereocenters. The number of carbonyl (C=O) groups is 1. The summed E-state index contributed by atoms with van der Waals surface area (Å²) in [6, 6.07) is 14.9. The Morgan fingerprint density at radius 1 is 1.04 bits per heavy atom. The molecule has 3 aliphatic rings. The Morgan fingerprint density at radius 3 is 2.08 bits per heavy atom. The number of nitriles is 4. The van der Waals surface area contributed by atoms with E-state index in [2.05, 4.69) is 0 Å². The van der Waals surface area contributed by atoms with Gasteiger partial charge in [0.2, 0.25) is 0 Å². The van der Waals surface area contributed by atoms with Gasteiger partial charge in [-0.25, -0.2) is 0 Å². The van der Waals surface area contributed by atoms with E-state index in [0.717, 1.165) is 5.56 Å². The number of nitrogens with zero attached hydrogens (tertiary/aromatic N) is 4. The SMILES string of the molecule is COc1ccc(C2CC3(C)CC(=O)C2C(C#N)(C#N)C3(C#N)C#N)cc1. The van der Waals surface area contributed by atoms with Crippen molar-refractivity contribution in [3.05, 3.63) is 29.8 Å². The van der Waals surface area contributed by atoms with Gasteiger partial charge in [0.15, 0.2) is 10.8 Å². The Kier molecular flexibility index (Phi) is 3.75. The quantitative estimate of drug-likeness (QED) is 0.813. The van der Waals surface area contributed by atoms with Crippen LogP contribution >= 0.6 is 0 Å². The molecule has 4 rings (SSSR count). The van der Waals surface area contributed by atoms with Gasteiger partial charge in [-0.2, -0.15) is 21.0 Å². The van der Waals surface area contributed by atoms with Crippen molar-refractivity contribution in [3.63, 3.8) is 0 Å². The van der Waals surface area contributed by atoms with Crippen molar-refractivity contribution in [1.82, 2.24) is 0 Å². The number of ether oxygens (including phenoxy) is 1. The number of methoxy groups -OCH3 is 1. The predicted octanol–water partition coefficient (Wildman–Crippen LogP) is 2.84. The van der Waals surface area contributed by atoms with E-state index in [9.17, 15) is 25.8 Å². The van der Waals surface area contributed by atoms with Crippen molar-refractivity contribution < 1.29 is 9.53 Å². The highest BCUT2D eigenvalue weighted by Gasteiger charge is 2.77. The smallest absolute Gasteiger partial charge is 0.186 e. The van der Waals surface area contributed by atoms with Gasteiger partial charge in [-0.1, -0.05) is 19.1 Å². The van der Waals surface area contributed by atoms with Crippen LogP contribution in [-0.4, -0.2) is 12.9 Å². The van der Waals surface area contributed by atoms with Crippen LogP contribution in [-0.2, 0) is 4.79 Å². The Balaban J connectivity index is 2.25. The predicted molar refractivity (Wildman–Crippen MR) is 88.9 cm³/mol. The first-order valence-corrected chi connectivity index (χ1v) is 8.20. The topological polar surface area (TPSA) is 121 Å². The van der Waals surface area contributed by atoms with Gasteiger partial charge in [0.1, 0.15) is 11.5 Å². The molecule has 128 valence electrons. The lowest BCUT2D eigenvalue weighted by Crippen LogP contribution is -2.66. The molecule has 6 nitrogen and oxygen atoms in total. The highest BCUT2D eigenvalue weighted by atomic mass is 16.5. The van der Waals surface area contributed by atoms with Gasteiger partial charge < -0.3 is 4.74 Å². The van der Waals surface area contributed by atoms with Crippen LogP contribution in [0.25, 0.3) is 0 Å². The van der Waals surface area contributed by atoms with Crippen LogP contribution < -0.4 is 4.74 Å². The van der Waals surface area contributed by atoms with Gasteiger partial charge in [0.05, 0.1) is 37.3 Å². The zero-order chi connectivity index (χ0) is 19.2. The molecule has 3 fully saturated rings. The Labute approximate surface area is 151 Å². The average molecular weight is 344 g/mol. The fourth-order valence-corrected chi connectivity index (χ4v) is 4.90. The molecule has 3 unspecified atom stereocenters. The van der Waals surface area contributed by atoms with Crippen molar-refractivity contribution in [1.29, 1.82) is 21.0 Å². The van der Waals surface area contributed by atoms with Crippen LogP contribution in [0.3, 0.4) is 0 Å². The first kappa shape index (κ1) is 17.5. The Hall–Kier alpha value is -3.35. The number of hydrogen-bond donors (Lipinski definition) is 0. The van der Waals surface area contributed by atoms with Gasteiger partial charge in [-0.05, 0) is 30.0 Å². The molecule has 3 aliphatic carbocycles. The van der Waals surface area contributed by atoms with Gasteiger partial charge in [-0.3, -0.25) is 4.79 Å². The molecule has 3 saturated carbocycles. The molecule has 0 saturated heterocycles. The Morgan fingerprint density at radius 2 is 1.62 bits per heavy atom. The second-order valence-corrected chi connectivity index (χ2v) is 7.27. The zero-order valence-electron chi connectivity index (χ0n) is 14.5. The first-order chi connectivity index (χ1) is 12.4. The van der Waals surface area contributed by atoms with Crippen LogP contribution in [0.5, 0.6) is 5.75 Å². The number of ketones is 1. The van der Waals surface area contributed by atoms with E-state index >= 15 is 0 Å². The lowest BCUT2D eigenvalue weighted by Gasteiger charge is -2.59. The summed E-state index contributed by atoms with van der Waals surface area (Å²) in [4.78, 5) is 12.9. The Bertz CT molecular complexity index is 910. The molecule has 2 bridgehead atoms. The van der Waals surface area contributed by atoms with Crippen molar-refractivity contribution in [2.75, 3.05) is 7.11 Å². The molecule has 26 heavy (non-hydrogen) atoms. The largest absolute Gasteiger partial charge is 0.497 e. The van der Waals surface area contributed by atoms with Crippen LogP contribution in [0.4, 0.5) is 0 Å². The third-order valence-corrected chi connectivity index (χ3v) is 6.18. The highest BCUT2D eigenvalue weighted by molar-refractivity contribution is 5.88. The second-order valence-electron chi connectivity index (χ2n) is 7.27. The van der Waals surface area contributed by atoms with E-state index < -0.39 is 28.1 Å². The van der Waals surface area contributed by atoms with Gasteiger partial charge >= 0.3 is 0 Å². The van der Waals surface area contributed by atoms with Crippen molar-refractivity contribution in [2.24, 2.45) is 22.2 Å². The number of fused-ring (bicyclic) bond motifs is 3. The van der Waals surface area contributed by atoms with Crippen molar-refractivity contribution in [2.45, 2.75) is 25.7 Å². The molecule has 1 aromatic rings. The second kappa shape index (κ2) is 5.59. The number of Topliss-reactive ketones (excluding diaryl/α,β-unsaturated/α-hetero) is 1. The van der Waals surface area contributed by atoms with Crippen LogP contribution in [0, 0.1) is 67.5 Å². The van der Waals surface area contributed by atoms with Crippen LogP contribution in [0.2, 0.25) is 0 Å². The molecule has 1 aromatic carbocycles. The first-order valence-electron chi connectivity index (χ1n) is 8.20. The summed E-state index contributed by atoms with van der Waals surface area (Å²) in [7, 11) is 1.55. The minimum Gasteiger partial charge on any atom is -0.497 e. The van der Waals surface area contributed by atoms with Crippen molar-refractivity contribution in [3.8, 4) is 30.0 Å². The molecule has 0 spiro atoms. The summed E-state index contributed by atoms with van der Waals surface area (Å²) in [6.45, 7) is 1.67. The minimum absolute atomic E-state index is 0.0244. The zero-order valence-corrected chi connectivity index (χ0v) is 14.5. The minimum atomic E-state index is -2.00. The molecular formula is C20H16N4O2.